The standard InChI is InChI=1S/C6H13NO2S2/c1-7(6(10)11)4-5-8-2-3-9-5/h5-6,10-11H,2-4H2,1H3. The molecule has 0 aliphatic carbocycles. The zero-order chi connectivity index (χ0) is 8.27. The van der Waals surface area contributed by atoms with Crippen LogP contribution in [0, 0.1) is 0 Å². The van der Waals surface area contributed by atoms with E-state index in [1.807, 2.05) is 11.9 Å². The average Bonchev–Trinajstić information content (AvgIpc) is 2.39. The number of hydrogen-bond acceptors (Lipinski definition) is 5. The van der Waals surface area contributed by atoms with Crippen LogP contribution in [0.5, 0.6) is 0 Å². The number of rotatable bonds is 3. The Morgan fingerprint density at radius 3 is 2.45 bits per heavy atom. The highest BCUT2D eigenvalue weighted by Crippen LogP contribution is 2.10. The fraction of sp³-hybridized carbons (Fsp3) is 1.00. The van der Waals surface area contributed by atoms with Gasteiger partial charge in [-0.1, -0.05) is 0 Å². The van der Waals surface area contributed by atoms with Crippen LogP contribution in [0.15, 0.2) is 0 Å². The molecule has 0 radical (unpaired) electrons. The zero-order valence-corrected chi connectivity index (χ0v) is 8.22. The summed E-state index contributed by atoms with van der Waals surface area (Å²) >= 11 is 8.29. The van der Waals surface area contributed by atoms with E-state index < -0.39 is 0 Å². The fourth-order valence-electron chi connectivity index (χ4n) is 0.842. The zero-order valence-electron chi connectivity index (χ0n) is 6.43. The van der Waals surface area contributed by atoms with E-state index >= 15 is 0 Å². The first-order valence-corrected chi connectivity index (χ1v) is 4.53. The van der Waals surface area contributed by atoms with E-state index in [2.05, 4.69) is 25.3 Å². The molecule has 1 saturated heterocycles. The lowest BCUT2D eigenvalue weighted by Gasteiger charge is -2.21. The van der Waals surface area contributed by atoms with Crippen molar-refractivity contribution in [2.75, 3.05) is 26.8 Å². The predicted molar refractivity (Wildman–Crippen MR) is 50.1 cm³/mol. The molecule has 0 spiro atoms. The molecule has 1 rings (SSSR count). The summed E-state index contributed by atoms with van der Waals surface area (Å²) < 4.78 is 10.4. The summed E-state index contributed by atoms with van der Waals surface area (Å²) in [5, 5.41) is 0. The Balaban J connectivity index is 2.18. The SMILES string of the molecule is CN(CC1OCCO1)C(S)S. The first kappa shape index (κ1) is 9.67. The summed E-state index contributed by atoms with van der Waals surface area (Å²) in [7, 11) is 1.93. The quantitative estimate of drug-likeness (QED) is 0.504. The molecule has 5 heteroatoms. The van der Waals surface area contributed by atoms with Crippen molar-refractivity contribution in [3.63, 3.8) is 0 Å². The minimum absolute atomic E-state index is 0.0530. The van der Waals surface area contributed by atoms with E-state index in [1.54, 1.807) is 0 Å². The van der Waals surface area contributed by atoms with Crippen molar-refractivity contribution in [2.24, 2.45) is 0 Å². The minimum atomic E-state index is -0.0956. The molecule has 1 fully saturated rings. The van der Waals surface area contributed by atoms with Crippen molar-refractivity contribution in [3.8, 4) is 0 Å². The third kappa shape index (κ3) is 3.21. The summed E-state index contributed by atoms with van der Waals surface area (Å²) in [4.78, 5) is 1.95. The Bertz CT molecular complexity index is 117. The lowest BCUT2D eigenvalue weighted by molar-refractivity contribution is -0.0566. The summed E-state index contributed by atoms with van der Waals surface area (Å²) in [6, 6.07) is 0. The lowest BCUT2D eigenvalue weighted by atomic mass is 10.6. The predicted octanol–water partition coefficient (Wildman–Crippen LogP) is 0.434. The second kappa shape index (κ2) is 4.57. The summed E-state index contributed by atoms with van der Waals surface area (Å²) in [5.74, 6) is 0. The summed E-state index contributed by atoms with van der Waals surface area (Å²) in [6.45, 7) is 2.11. The van der Waals surface area contributed by atoms with Crippen LogP contribution < -0.4 is 0 Å². The van der Waals surface area contributed by atoms with E-state index in [0.29, 0.717) is 13.2 Å². The number of thiol groups is 2. The molecule has 1 aliphatic heterocycles. The molecule has 66 valence electrons. The number of likely N-dealkylation sites (N-methyl/N-ethyl adjacent to an activating group) is 1. The summed E-state index contributed by atoms with van der Waals surface area (Å²) in [5.41, 5.74) is 0. The van der Waals surface area contributed by atoms with Gasteiger partial charge in [-0.15, -0.1) is 25.3 Å². The molecule has 0 amide bonds. The molecule has 0 saturated carbocycles. The van der Waals surface area contributed by atoms with Gasteiger partial charge in [-0.3, -0.25) is 4.90 Å². The number of nitrogens with zero attached hydrogens (tertiary/aromatic N) is 1. The van der Waals surface area contributed by atoms with Crippen LogP contribution in [0.1, 0.15) is 0 Å². The Hall–Kier alpha value is 0.580. The van der Waals surface area contributed by atoms with Crippen molar-refractivity contribution < 1.29 is 9.47 Å². The highest BCUT2D eigenvalue weighted by Gasteiger charge is 2.19. The topological polar surface area (TPSA) is 21.7 Å². The molecule has 1 aliphatic rings. The van der Waals surface area contributed by atoms with E-state index in [4.69, 9.17) is 9.47 Å². The first-order valence-electron chi connectivity index (χ1n) is 3.50. The van der Waals surface area contributed by atoms with Gasteiger partial charge in [0, 0.05) is 0 Å². The Morgan fingerprint density at radius 1 is 1.45 bits per heavy atom. The second-order valence-corrected chi connectivity index (χ2v) is 3.84. The van der Waals surface area contributed by atoms with E-state index in [-0.39, 0.29) is 11.0 Å². The normalized spacial score (nSPS) is 20.5. The van der Waals surface area contributed by atoms with Crippen molar-refractivity contribution >= 4 is 25.3 Å². The van der Waals surface area contributed by atoms with Crippen molar-refractivity contribution in [2.45, 2.75) is 11.0 Å². The van der Waals surface area contributed by atoms with Crippen molar-refractivity contribution in [3.05, 3.63) is 0 Å². The van der Waals surface area contributed by atoms with Crippen LogP contribution in [0.2, 0.25) is 0 Å². The van der Waals surface area contributed by atoms with Crippen LogP contribution in [0.25, 0.3) is 0 Å². The average molecular weight is 195 g/mol. The van der Waals surface area contributed by atoms with Gasteiger partial charge in [-0.05, 0) is 7.05 Å². The second-order valence-electron chi connectivity index (χ2n) is 2.46. The van der Waals surface area contributed by atoms with Gasteiger partial charge in [-0.25, -0.2) is 0 Å². The van der Waals surface area contributed by atoms with E-state index in [0.717, 1.165) is 6.54 Å². The molecule has 0 aromatic carbocycles. The molecule has 0 aromatic heterocycles. The molecule has 0 atom stereocenters. The largest absolute Gasteiger partial charge is 0.349 e. The van der Waals surface area contributed by atoms with E-state index in [1.165, 1.54) is 0 Å². The first-order chi connectivity index (χ1) is 5.20. The van der Waals surface area contributed by atoms with Gasteiger partial charge in [0.2, 0.25) is 0 Å². The Kier molecular flexibility index (Phi) is 4.01. The monoisotopic (exact) mass is 195 g/mol. The molecule has 0 bridgehead atoms. The summed E-state index contributed by atoms with van der Waals surface area (Å²) in [6.07, 6.45) is -0.0956. The van der Waals surface area contributed by atoms with Gasteiger partial charge < -0.3 is 9.47 Å². The van der Waals surface area contributed by atoms with Crippen LogP contribution in [-0.2, 0) is 9.47 Å². The molecule has 0 unspecified atom stereocenters. The van der Waals surface area contributed by atoms with E-state index in [9.17, 15) is 0 Å². The Labute approximate surface area is 77.9 Å². The maximum atomic E-state index is 5.24. The van der Waals surface area contributed by atoms with Gasteiger partial charge in [0.05, 0.1) is 24.5 Å². The lowest BCUT2D eigenvalue weighted by Crippen LogP contribution is -2.32. The number of hydrogen-bond donors (Lipinski definition) is 2. The van der Waals surface area contributed by atoms with Gasteiger partial charge in [-0.2, -0.15) is 0 Å². The molecular weight excluding hydrogens is 182 g/mol. The third-order valence-corrected chi connectivity index (χ3v) is 2.31. The van der Waals surface area contributed by atoms with Crippen molar-refractivity contribution in [1.82, 2.24) is 4.90 Å². The van der Waals surface area contributed by atoms with Crippen LogP contribution in [0.4, 0.5) is 0 Å². The Morgan fingerprint density at radius 2 is 2.00 bits per heavy atom. The van der Waals surface area contributed by atoms with Gasteiger partial charge >= 0.3 is 0 Å². The fourth-order valence-corrected chi connectivity index (χ4v) is 1.03. The van der Waals surface area contributed by atoms with Crippen LogP contribution in [-0.4, -0.2) is 42.7 Å². The maximum Gasteiger partial charge on any atom is 0.170 e. The molecule has 0 aromatic rings. The molecule has 3 nitrogen and oxygen atoms in total. The van der Waals surface area contributed by atoms with Crippen LogP contribution >= 0.6 is 25.3 Å². The smallest absolute Gasteiger partial charge is 0.170 e. The molecule has 0 N–H and O–H groups in total. The van der Waals surface area contributed by atoms with Gasteiger partial charge in [0.15, 0.2) is 6.29 Å². The number of ether oxygens (including phenoxy) is 2. The minimum Gasteiger partial charge on any atom is -0.349 e. The van der Waals surface area contributed by atoms with Crippen molar-refractivity contribution in [1.29, 1.82) is 0 Å². The van der Waals surface area contributed by atoms with Gasteiger partial charge in [0.25, 0.3) is 0 Å². The molecule has 1 heterocycles. The third-order valence-electron chi connectivity index (χ3n) is 1.52. The highest BCUT2D eigenvalue weighted by atomic mass is 32.2. The molecule has 11 heavy (non-hydrogen) atoms. The molecular formula is C6H13NO2S2. The highest BCUT2D eigenvalue weighted by molar-refractivity contribution is 7.99. The van der Waals surface area contributed by atoms with Gasteiger partial charge in [0.1, 0.15) is 0 Å². The van der Waals surface area contributed by atoms with Crippen LogP contribution in [0.3, 0.4) is 0 Å². The maximum absolute atomic E-state index is 5.24.